The number of aromatic nitrogens is 3. The number of pyridine rings is 1. The van der Waals surface area contributed by atoms with Crippen molar-refractivity contribution in [3.63, 3.8) is 0 Å². The Morgan fingerprint density at radius 2 is 1.86 bits per heavy atom. The van der Waals surface area contributed by atoms with Gasteiger partial charge in [-0.15, -0.1) is 0 Å². The molecule has 0 saturated heterocycles. The van der Waals surface area contributed by atoms with Gasteiger partial charge in [0, 0.05) is 47.3 Å². The van der Waals surface area contributed by atoms with Crippen LogP contribution in [0.2, 0.25) is 0 Å². The summed E-state index contributed by atoms with van der Waals surface area (Å²) in [6.07, 6.45) is 4.26. The van der Waals surface area contributed by atoms with Gasteiger partial charge in [0.1, 0.15) is 5.69 Å². The van der Waals surface area contributed by atoms with E-state index in [1.807, 2.05) is 40.9 Å². The second-order valence-electron chi connectivity index (χ2n) is 7.87. The van der Waals surface area contributed by atoms with Gasteiger partial charge >= 0.3 is 0 Å². The van der Waals surface area contributed by atoms with Gasteiger partial charge in [0.15, 0.2) is 11.5 Å². The number of benzene rings is 1. The summed E-state index contributed by atoms with van der Waals surface area (Å²) >= 11 is 3.51. The van der Waals surface area contributed by atoms with Gasteiger partial charge in [-0.05, 0) is 58.2 Å². The molecule has 0 aliphatic heterocycles. The first-order valence-corrected chi connectivity index (χ1v) is 11.9. The minimum absolute atomic E-state index is 0.185. The van der Waals surface area contributed by atoms with Crippen molar-refractivity contribution in [1.82, 2.24) is 19.9 Å². The molecule has 0 atom stereocenters. The Bertz CT molecular complexity index is 1370. The topological polar surface area (TPSA) is 87.0 Å². The smallest absolute Gasteiger partial charge is 0.254 e. The molecule has 8 nitrogen and oxygen atoms in total. The summed E-state index contributed by atoms with van der Waals surface area (Å²) in [4.78, 5) is 18.0. The third-order valence-electron chi connectivity index (χ3n) is 5.71. The van der Waals surface area contributed by atoms with Gasteiger partial charge in [-0.25, -0.2) is 4.52 Å². The Balaban J connectivity index is 1.81. The number of ether oxygens (including phenoxy) is 3. The highest BCUT2D eigenvalue weighted by Gasteiger charge is 2.24. The number of hydrogen-bond acceptors (Lipinski definition) is 6. The number of carbonyl (C=O) groups is 1. The van der Waals surface area contributed by atoms with Crippen molar-refractivity contribution >= 4 is 27.4 Å². The fourth-order valence-electron chi connectivity index (χ4n) is 4.07. The highest BCUT2D eigenvalue weighted by molar-refractivity contribution is 9.10. The number of nitrogens with one attached hydrogen (secondary N) is 1. The van der Waals surface area contributed by atoms with E-state index in [1.165, 1.54) is 0 Å². The van der Waals surface area contributed by atoms with E-state index >= 15 is 0 Å². The molecule has 35 heavy (non-hydrogen) atoms. The van der Waals surface area contributed by atoms with E-state index in [-0.39, 0.29) is 12.5 Å². The van der Waals surface area contributed by atoms with Crippen LogP contribution in [0.1, 0.15) is 34.2 Å². The minimum Gasteiger partial charge on any atom is -0.493 e. The summed E-state index contributed by atoms with van der Waals surface area (Å²) in [6, 6.07) is 11.5. The molecule has 0 unspecified atom stereocenters. The highest BCUT2D eigenvalue weighted by Crippen LogP contribution is 2.33. The van der Waals surface area contributed by atoms with Gasteiger partial charge in [0.2, 0.25) is 0 Å². The monoisotopic (exact) mass is 538 g/mol. The number of hydrogen-bond donors (Lipinski definition) is 1. The molecular weight excluding hydrogens is 512 g/mol. The van der Waals surface area contributed by atoms with Crippen molar-refractivity contribution in [3.05, 3.63) is 75.8 Å². The first-order chi connectivity index (χ1) is 17.0. The molecule has 4 aromatic rings. The van der Waals surface area contributed by atoms with Gasteiger partial charge in [-0.2, -0.15) is 5.10 Å². The number of nitrogens with zero attached hydrogens (tertiary/aromatic N) is 3. The van der Waals surface area contributed by atoms with Crippen LogP contribution in [0, 0.1) is 0 Å². The van der Waals surface area contributed by atoms with Crippen LogP contribution in [0.5, 0.6) is 11.5 Å². The fourth-order valence-corrected chi connectivity index (χ4v) is 4.44. The Labute approximate surface area is 212 Å². The summed E-state index contributed by atoms with van der Waals surface area (Å²) < 4.78 is 18.8. The van der Waals surface area contributed by atoms with Gasteiger partial charge in [-0.1, -0.05) is 13.0 Å². The van der Waals surface area contributed by atoms with Gasteiger partial charge in [0.05, 0.1) is 31.9 Å². The predicted octanol–water partition coefficient (Wildman–Crippen LogP) is 4.81. The maximum Gasteiger partial charge on any atom is 0.254 e. The minimum atomic E-state index is -0.254. The lowest BCUT2D eigenvalue weighted by molar-refractivity contribution is 0.0945. The second-order valence-corrected chi connectivity index (χ2v) is 8.78. The van der Waals surface area contributed by atoms with Crippen LogP contribution in [0.4, 0.5) is 0 Å². The molecule has 9 heteroatoms. The van der Waals surface area contributed by atoms with E-state index in [0.29, 0.717) is 29.3 Å². The molecule has 0 radical (unpaired) electrons. The van der Waals surface area contributed by atoms with E-state index < -0.39 is 0 Å². The number of methoxy groups -OCH3 is 3. The van der Waals surface area contributed by atoms with Gasteiger partial charge in [-0.3, -0.25) is 9.78 Å². The molecule has 0 aliphatic rings. The Morgan fingerprint density at radius 3 is 2.54 bits per heavy atom. The molecule has 0 spiro atoms. The molecule has 182 valence electrons. The number of fused-ring (bicyclic) bond motifs is 1. The number of aryl methyl sites for hydroxylation is 1. The van der Waals surface area contributed by atoms with Crippen molar-refractivity contribution in [2.75, 3.05) is 21.3 Å². The van der Waals surface area contributed by atoms with Crippen molar-refractivity contribution in [2.24, 2.45) is 0 Å². The molecule has 0 fully saturated rings. The van der Waals surface area contributed by atoms with Crippen molar-refractivity contribution in [1.29, 1.82) is 0 Å². The molecule has 0 bridgehead atoms. The average Bonchev–Trinajstić information content (AvgIpc) is 3.29. The molecule has 3 aromatic heterocycles. The maximum atomic E-state index is 13.7. The van der Waals surface area contributed by atoms with Crippen LogP contribution in [0.15, 0.2) is 53.3 Å². The molecule has 3 heterocycles. The lowest BCUT2D eigenvalue weighted by atomic mass is 9.99. The van der Waals surface area contributed by atoms with E-state index in [1.54, 1.807) is 33.7 Å². The van der Waals surface area contributed by atoms with Crippen molar-refractivity contribution in [2.45, 2.75) is 26.5 Å². The average molecular weight is 539 g/mol. The van der Waals surface area contributed by atoms with E-state index in [0.717, 1.165) is 38.8 Å². The number of carbonyl (C=O) groups excluding carboxylic acids is 1. The Kier molecular flexibility index (Phi) is 7.67. The van der Waals surface area contributed by atoms with Crippen LogP contribution in [0.25, 0.3) is 16.6 Å². The summed E-state index contributed by atoms with van der Waals surface area (Å²) in [5.41, 5.74) is 5.31. The fraction of sp³-hybridized carbons (Fsp3) is 0.269. The standard InChI is InChI=1S/C26H27BrN4O4/c1-5-19-7-8-21-24(17-11-18(27)14-28-13-17)25(20(15-33-2)30-31(19)21)26(32)29-12-16-6-9-22(34-3)23(10-16)35-4/h6-11,13-14H,5,12,15H2,1-4H3,(H,29,32). The third kappa shape index (κ3) is 5.01. The summed E-state index contributed by atoms with van der Waals surface area (Å²) in [7, 11) is 4.76. The zero-order valence-corrected chi connectivity index (χ0v) is 21.7. The van der Waals surface area contributed by atoms with Gasteiger partial charge in [0.25, 0.3) is 5.91 Å². The molecule has 1 aromatic carbocycles. The molecule has 4 rings (SSSR count). The normalized spacial score (nSPS) is 11.0. The zero-order valence-electron chi connectivity index (χ0n) is 20.1. The van der Waals surface area contributed by atoms with E-state index in [2.05, 4.69) is 33.2 Å². The third-order valence-corrected chi connectivity index (χ3v) is 6.15. The summed E-state index contributed by atoms with van der Waals surface area (Å²) in [6.45, 7) is 2.56. The first kappa shape index (κ1) is 24.7. The van der Waals surface area contributed by atoms with Crippen LogP contribution in [0.3, 0.4) is 0 Å². The largest absolute Gasteiger partial charge is 0.493 e. The van der Waals surface area contributed by atoms with Crippen LogP contribution in [-0.2, 0) is 24.3 Å². The number of amides is 1. The second kappa shape index (κ2) is 10.9. The van der Waals surface area contributed by atoms with E-state index in [9.17, 15) is 4.79 Å². The summed E-state index contributed by atoms with van der Waals surface area (Å²) in [5.74, 6) is 0.976. The Morgan fingerprint density at radius 1 is 1.06 bits per heavy atom. The van der Waals surface area contributed by atoms with Crippen LogP contribution < -0.4 is 14.8 Å². The van der Waals surface area contributed by atoms with Crippen molar-refractivity contribution < 1.29 is 19.0 Å². The lowest BCUT2D eigenvalue weighted by Crippen LogP contribution is -2.26. The summed E-state index contributed by atoms with van der Waals surface area (Å²) in [5, 5.41) is 7.83. The van der Waals surface area contributed by atoms with Gasteiger partial charge < -0.3 is 19.5 Å². The quantitative estimate of drug-likeness (QED) is 0.329. The SMILES string of the molecule is CCc1ccc2c(-c3cncc(Br)c3)c(C(=O)NCc3ccc(OC)c(OC)c3)c(COC)nn12. The first-order valence-electron chi connectivity index (χ1n) is 11.1. The molecule has 1 N–H and O–H groups in total. The highest BCUT2D eigenvalue weighted by atomic mass is 79.9. The van der Waals surface area contributed by atoms with Crippen molar-refractivity contribution in [3.8, 4) is 22.6 Å². The van der Waals surface area contributed by atoms with Crippen LogP contribution in [-0.4, -0.2) is 41.8 Å². The van der Waals surface area contributed by atoms with Crippen LogP contribution >= 0.6 is 15.9 Å². The Hall–Kier alpha value is -3.43. The predicted molar refractivity (Wildman–Crippen MR) is 137 cm³/mol. The lowest BCUT2D eigenvalue weighted by Gasteiger charge is -2.17. The molecule has 0 saturated carbocycles. The number of halogens is 1. The maximum absolute atomic E-state index is 13.7. The molecular formula is C26H27BrN4O4. The zero-order chi connectivity index (χ0) is 24.9. The van der Waals surface area contributed by atoms with E-state index in [4.69, 9.17) is 19.3 Å². The number of rotatable bonds is 9. The molecule has 1 amide bonds. The molecule has 0 aliphatic carbocycles.